The smallest absolute Gasteiger partial charge is 0.237 e. The molecule has 0 bridgehead atoms. The summed E-state index contributed by atoms with van der Waals surface area (Å²) in [7, 11) is 1.64. The van der Waals surface area contributed by atoms with Gasteiger partial charge in [-0.15, -0.1) is 0 Å². The maximum atomic E-state index is 12.1. The van der Waals surface area contributed by atoms with Crippen molar-refractivity contribution in [2.45, 2.75) is 37.8 Å². The summed E-state index contributed by atoms with van der Waals surface area (Å²) in [4.78, 5) is 12.1. The van der Waals surface area contributed by atoms with Gasteiger partial charge in [-0.25, -0.2) is 0 Å². The van der Waals surface area contributed by atoms with Gasteiger partial charge in [-0.2, -0.15) is 0 Å². The number of aliphatic hydroxyl groups excluding tert-OH is 1. The summed E-state index contributed by atoms with van der Waals surface area (Å²) in [6, 6.07) is 7.60. The lowest BCUT2D eigenvalue weighted by Gasteiger charge is -2.26. The van der Waals surface area contributed by atoms with Gasteiger partial charge in [0.1, 0.15) is 5.75 Å². The molecule has 3 N–H and O–H groups in total. The zero-order valence-corrected chi connectivity index (χ0v) is 12.8. The molecule has 0 saturated carbocycles. The average Bonchev–Trinajstić information content (AvgIpc) is 2.91. The number of β-amino-alcohol motifs (C(OH)–C–C–N with tert-alkyl or cyclic N) is 1. The van der Waals surface area contributed by atoms with E-state index < -0.39 is 6.10 Å². The van der Waals surface area contributed by atoms with Gasteiger partial charge in [0.2, 0.25) is 5.91 Å². The summed E-state index contributed by atoms with van der Waals surface area (Å²) in [6.07, 6.45) is 0.0600. The van der Waals surface area contributed by atoms with Gasteiger partial charge in [0.15, 0.2) is 0 Å². The van der Waals surface area contributed by atoms with Crippen molar-refractivity contribution in [2.24, 2.45) is 0 Å². The van der Waals surface area contributed by atoms with Crippen LogP contribution in [0, 0.1) is 0 Å². The highest BCUT2D eigenvalue weighted by molar-refractivity contribution is 5.82. The Balaban J connectivity index is 1.92. The van der Waals surface area contributed by atoms with E-state index in [2.05, 4.69) is 24.5 Å². The van der Waals surface area contributed by atoms with Gasteiger partial charge in [0.05, 0.1) is 19.3 Å². The molecule has 1 amide bonds. The minimum Gasteiger partial charge on any atom is -0.497 e. The average molecular weight is 292 g/mol. The molecular weight excluding hydrogens is 268 g/mol. The van der Waals surface area contributed by atoms with E-state index in [-0.39, 0.29) is 17.4 Å². The monoisotopic (exact) mass is 292 g/mol. The van der Waals surface area contributed by atoms with E-state index >= 15 is 0 Å². The number of amides is 1. The van der Waals surface area contributed by atoms with Crippen LogP contribution in [0.25, 0.3) is 0 Å². The van der Waals surface area contributed by atoms with Gasteiger partial charge in [-0.05, 0) is 24.1 Å². The number of aliphatic hydroxyl groups is 1. The number of rotatable bonds is 5. The first-order valence-corrected chi connectivity index (χ1v) is 7.26. The van der Waals surface area contributed by atoms with Crippen LogP contribution in [0.3, 0.4) is 0 Å². The van der Waals surface area contributed by atoms with Crippen molar-refractivity contribution in [1.82, 2.24) is 10.6 Å². The third kappa shape index (κ3) is 3.95. The van der Waals surface area contributed by atoms with Crippen LogP contribution in [0.4, 0.5) is 0 Å². The Bertz CT molecular complexity index is 485. The summed E-state index contributed by atoms with van der Waals surface area (Å²) in [5.41, 5.74) is 0.974. The number of methoxy groups -OCH3 is 1. The van der Waals surface area contributed by atoms with Gasteiger partial charge in [-0.3, -0.25) is 4.79 Å². The topological polar surface area (TPSA) is 70.6 Å². The van der Waals surface area contributed by atoms with Gasteiger partial charge in [-0.1, -0.05) is 26.0 Å². The number of hydrogen-bond acceptors (Lipinski definition) is 4. The molecule has 1 aromatic carbocycles. The fraction of sp³-hybridized carbons (Fsp3) is 0.562. The molecule has 5 nitrogen and oxygen atoms in total. The van der Waals surface area contributed by atoms with Crippen molar-refractivity contribution in [3.63, 3.8) is 0 Å². The zero-order chi connectivity index (χ0) is 15.5. The first-order valence-electron chi connectivity index (χ1n) is 7.26. The summed E-state index contributed by atoms with van der Waals surface area (Å²) in [5.74, 6) is 0.774. The van der Waals surface area contributed by atoms with Crippen LogP contribution in [0.15, 0.2) is 24.3 Å². The maximum Gasteiger partial charge on any atom is 0.237 e. The van der Waals surface area contributed by atoms with Crippen molar-refractivity contribution < 1.29 is 14.6 Å². The predicted octanol–water partition coefficient (Wildman–Crippen LogP) is 0.812. The molecule has 2 atom stereocenters. The third-order valence-electron chi connectivity index (χ3n) is 4.00. The minimum atomic E-state index is -0.421. The zero-order valence-electron chi connectivity index (χ0n) is 12.8. The molecule has 0 aromatic heterocycles. The van der Waals surface area contributed by atoms with Crippen LogP contribution in [-0.2, 0) is 10.2 Å². The van der Waals surface area contributed by atoms with Crippen molar-refractivity contribution in [3.05, 3.63) is 29.8 Å². The number of hydrogen-bond donors (Lipinski definition) is 3. The van der Waals surface area contributed by atoms with Gasteiger partial charge in [0.25, 0.3) is 0 Å². The summed E-state index contributed by atoms with van der Waals surface area (Å²) < 4.78 is 5.16. The summed E-state index contributed by atoms with van der Waals surface area (Å²) in [5, 5.41) is 15.4. The Labute approximate surface area is 125 Å². The SMILES string of the molecule is COc1ccc(C(C)(C)CNC(=O)C2CC(O)CN2)cc1. The predicted molar refractivity (Wildman–Crippen MR) is 81.4 cm³/mol. The molecule has 1 aromatic rings. The normalized spacial score (nSPS) is 22.1. The highest BCUT2D eigenvalue weighted by Gasteiger charge is 2.29. The summed E-state index contributed by atoms with van der Waals surface area (Å²) in [6.45, 7) is 5.21. The highest BCUT2D eigenvalue weighted by Crippen LogP contribution is 2.24. The Hall–Kier alpha value is -1.59. The first kappa shape index (κ1) is 15.8. The molecule has 1 saturated heterocycles. The largest absolute Gasteiger partial charge is 0.497 e. The summed E-state index contributed by atoms with van der Waals surface area (Å²) >= 11 is 0. The molecule has 1 aliphatic rings. The second kappa shape index (κ2) is 6.45. The van der Waals surface area contributed by atoms with Crippen LogP contribution < -0.4 is 15.4 Å². The fourth-order valence-corrected chi connectivity index (χ4v) is 2.49. The van der Waals surface area contributed by atoms with E-state index in [0.717, 1.165) is 11.3 Å². The maximum absolute atomic E-state index is 12.1. The Morgan fingerprint density at radius 3 is 2.62 bits per heavy atom. The lowest BCUT2D eigenvalue weighted by molar-refractivity contribution is -0.123. The molecule has 5 heteroatoms. The Kier molecular flexibility index (Phi) is 4.85. The Morgan fingerprint density at radius 1 is 1.43 bits per heavy atom. The van der Waals surface area contributed by atoms with Crippen molar-refractivity contribution >= 4 is 5.91 Å². The van der Waals surface area contributed by atoms with Gasteiger partial charge in [0, 0.05) is 18.5 Å². The van der Waals surface area contributed by atoms with Crippen molar-refractivity contribution in [2.75, 3.05) is 20.2 Å². The van der Waals surface area contributed by atoms with E-state index in [4.69, 9.17) is 4.74 Å². The van der Waals surface area contributed by atoms with Crippen LogP contribution in [0.2, 0.25) is 0 Å². The van der Waals surface area contributed by atoms with E-state index in [1.165, 1.54) is 0 Å². The molecule has 0 spiro atoms. The number of benzene rings is 1. The van der Waals surface area contributed by atoms with Crippen molar-refractivity contribution in [3.8, 4) is 5.75 Å². The molecule has 1 heterocycles. The molecular formula is C16H24N2O3. The van der Waals surface area contributed by atoms with Gasteiger partial charge < -0.3 is 20.5 Å². The fourth-order valence-electron chi connectivity index (χ4n) is 2.49. The van der Waals surface area contributed by atoms with Crippen LogP contribution >= 0.6 is 0 Å². The highest BCUT2D eigenvalue weighted by atomic mass is 16.5. The number of ether oxygens (including phenoxy) is 1. The first-order chi connectivity index (χ1) is 9.92. The molecule has 1 fully saturated rings. The standard InChI is InChI=1S/C16H24N2O3/c1-16(2,11-4-6-13(21-3)7-5-11)10-18-15(20)14-8-12(19)9-17-14/h4-7,12,14,17,19H,8-10H2,1-3H3,(H,18,20). The van der Waals surface area contributed by atoms with Crippen LogP contribution in [0.5, 0.6) is 5.75 Å². The van der Waals surface area contributed by atoms with E-state index in [1.54, 1.807) is 7.11 Å². The number of nitrogens with one attached hydrogen (secondary N) is 2. The second-order valence-electron chi connectivity index (χ2n) is 6.18. The third-order valence-corrected chi connectivity index (χ3v) is 4.00. The Morgan fingerprint density at radius 2 is 2.10 bits per heavy atom. The molecule has 116 valence electrons. The number of carbonyl (C=O) groups is 1. The molecule has 1 aliphatic heterocycles. The molecule has 21 heavy (non-hydrogen) atoms. The number of carbonyl (C=O) groups excluding carboxylic acids is 1. The minimum absolute atomic E-state index is 0.0480. The van der Waals surface area contributed by atoms with Crippen molar-refractivity contribution in [1.29, 1.82) is 0 Å². The second-order valence-corrected chi connectivity index (χ2v) is 6.18. The van der Waals surface area contributed by atoms with E-state index in [1.807, 2.05) is 24.3 Å². The van der Waals surface area contributed by atoms with Crippen LogP contribution in [-0.4, -0.2) is 43.4 Å². The lowest BCUT2D eigenvalue weighted by Crippen LogP contribution is -2.45. The quantitative estimate of drug-likeness (QED) is 0.751. The molecule has 2 unspecified atom stereocenters. The molecule has 0 radical (unpaired) electrons. The molecule has 2 rings (SSSR count). The van der Waals surface area contributed by atoms with E-state index in [9.17, 15) is 9.90 Å². The van der Waals surface area contributed by atoms with E-state index in [0.29, 0.717) is 19.5 Å². The molecule has 0 aliphatic carbocycles. The van der Waals surface area contributed by atoms with Crippen LogP contribution in [0.1, 0.15) is 25.8 Å². The lowest BCUT2D eigenvalue weighted by atomic mass is 9.84. The van der Waals surface area contributed by atoms with Gasteiger partial charge >= 0.3 is 0 Å².